The number of hydrogen-bond acceptors (Lipinski definition) is 5. The van der Waals surface area contributed by atoms with Gasteiger partial charge in [0, 0.05) is 18.5 Å². The van der Waals surface area contributed by atoms with Crippen molar-refractivity contribution in [3.8, 4) is 0 Å². The van der Waals surface area contributed by atoms with Gasteiger partial charge in [-0.25, -0.2) is 4.98 Å². The predicted molar refractivity (Wildman–Crippen MR) is 89.8 cm³/mol. The van der Waals surface area contributed by atoms with Crippen LogP contribution < -0.4 is 5.32 Å². The molecule has 0 saturated carbocycles. The maximum Gasteiger partial charge on any atom is 0.236 e. The number of aliphatic hydroxyl groups excluding tert-OH is 1. The first-order valence-electron chi connectivity index (χ1n) is 7.18. The summed E-state index contributed by atoms with van der Waals surface area (Å²) in [6.45, 7) is 3.35. The maximum atomic E-state index is 11.1. The average molecular weight is 341 g/mol. The lowest BCUT2D eigenvalue weighted by atomic mass is 10.3. The van der Waals surface area contributed by atoms with Gasteiger partial charge >= 0.3 is 0 Å². The lowest BCUT2D eigenvalue weighted by Gasteiger charge is -2.18. The largest absolute Gasteiger partial charge is 0.395 e. The van der Waals surface area contributed by atoms with Crippen LogP contribution in [0.5, 0.6) is 0 Å². The van der Waals surface area contributed by atoms with Crippen LogP contribution in [-0.2, 0) is 4.79 Å². The number of pyridine rings is 1. The smallest absolute Gasteiger partial charge is 0.236 e. The van der Waals surface area contributed by atoms with E-state index in [0.29, 0.717) is 30.5 Å². The van der Waals surface area contributed by atoms with E-state index in [1.54, 1.807) is 30.3 Å². The third-order valence-electron chi connectivity index (χ3n) is 3.05. The van der Waals surface area contributed by atoms with E-state index >= 15 is 0 Å². The molecule has 0 aliphatic rings. The van der Waals surface area contributed by atoms with Crippen LogP contribution in [0, 0.1) is 0 Å². The Morgan fingerprint density at radius 3 is 2.83 bits per heavy atom. The number of amides is 1. The van der Waals surface area contributed by atoms with Gasteiger partial charge in [0.1, 0.15) is 5.15 Å². The number of likely N-dealkylation sites (N-methyl/N-ethyl adjacent to an activating group) is 2. The molecule has 0 aromatic carbocycles. The van der Waals surface area contributed by atoms with Crippen molar-refractivity contribution < 1.29 is 14.7 Å². The van der Waals surface area contributed by atoms with Crippen molar-refractivity contribution in [3.05, 3.63) is 29.2 Å². The summed E-state index contributed by atoms with van der Waals surface area (Å²) >= 11 is 5.66. The molecule has 0 radical (unpaired) electrons. The number of aldehydes is 1. The van der Waals surface area contributed by atoms with E-state index in [2.05, 4.69) is 15.3 Å². The molecule has 0 fully saturated rings. The molecule has 2 heterocycles. The summed E-state index contributed by atoms with van der Waals surface area (Å²) in [5, 5.41) is 12.7. The zero-order valence-corrected chi connectivity index (χ0v) is 13.9. The number of aromatic nitrogens is 2. The van der Waals surface area contributed by atoms with Gasteiger partial charge in [0.15, 0.2) is 6.29 Å². The molecule has 2 aromatic heterocycles. The van der Waals surface area contributed by atoms with E-state index in [1.165, 1.54) is 0 Å². The molecule has 0 bridgehead atoms. The third kappa shape index (κ3) is 5.97. The van der Waals surface area contributed by atoms with E-state index in [-0.39, 0.29) is 12.5 Å². The zero-order valence-electron chi connectivity index (χ0n) is 13.2. The second-order valence-corrected chi connectivity index (χ2v) is 5.05. The summed E-state index contributed by atoms with van der Waals surface area (Å²) in [7, 11) is 1.73. The summed E-state index contributed by atoms with van der Waals surface area (Å²) in [5.41, 5.74) is 1.36. The highest BCUT2D eigenvalue weighted by Gasteiger charge is 2.08. The molecule has 1 amide bonds. The van der Waals surface area contributed by atoms with Gasteiger partial charge in [0.2, 0.25) is 5.91 Å². The van der Waals surface area contributed by atoms with Gasteiger partial charge in [-0.15, -0.1) is 0 Å². The molecule has 7 nitrogen and oxygen atoms in total. The van der Waals surface area contributed by atoms with Gasteiger partial charge in [-0.2, -0.15) is 0 Å². The molecular formula is C15H21ClN4O3. The highest BCUT2D eigenvalue weighted by molar-refractivity contribution is 6.30. The van der Waals surface area contributed by atoms with Gasteiger partial charge in [-0.1, -0.05) is 11.6 Å². The Kier molecular flexibility index (Phi) is 8.25. The number of aromatic amines is 1. The minimum Gasteiger partial charge on any atom is -0.395 e. The third-order valence-corrected chi connectivity index (χ3v) is 3.26. The van der Waals surface area contributed by atoms with Crippen molar-refractivity contribution in [2.24, 2.45) is 0 Å². The topological polar surface area (TPSA) is 98.3 Å². The van der Waals surface area contributed by atoms with Crippen molar-refractivity contribution in [2.45, 2.75) is 6.92 Å². The van der Waals surface area contributed by atoms with Gasteiger partial charge in [-0.3, -0.25) is 9.59 Å². The lowest BCUT2D eigenvalue weighted by molar-refractivity contribution is -0.130. The first kappa shape index (κ1) is 19.1. The first-order chi connectivity index (χ1) is 11.0. The Balaban J connectivity index is 0.000000232. The SMILES string of the molecule is CCN(CCO)C(=O)CNC.O=Cc1cc2cc(Cl)ncc2[nH]1. The average Bonchev–Trinajstić information content (AvgIpc) is 2.95. The normalized spacial score (nSPS) is 10.1. The fourth-order valence-corrected chi connectivity index (χ4v) is 2.10. The zero-order chi connectivity index (χ0) is 17.2. The molecule has 0 spiro atoms. The fraction of sp³-hybridized carbons (Fsp3) is 0.400. The lowest BCUT2D eigenvalue weighted by Crippen LogP contribution is -2.38. The van der Waals surface area contributed by atoms with Crippen LogP contribution >= 0.6 is 11.6 Å². The number of fused-ring (bicyclic) bond motifs is 1. The number of nitrogens with zero attached hydrogens (tertiary/aromatic N) is 2. The number of nitrogens with one attached hydrogen (secondary N) is 2. The van der Waals surface area contributed by atoms with Crippen molar-refractivity contribution in [3.63, 3.8) is 0 Å². The highest BCUT2D eigenvalue weighted by Crippen LogP contribution is 2.16. The number of carbonyl (C=O) groups is 2. The minimum absolute atomic E-state index is 0.0310. The number of halogens is 1. The second kappa shape index (κ2) is 9.94. The van der Waals surface area contributed by atoms with Crippen LogP contribution in [-0.4, -0.2) is 65.5 Å². The molecule has 3 N–H and O–H groups in total. The highest BCUT2D eigenvalue weighted by atomic mass is 35.5. The van der Waals surface area contributed by atoms with Crippen LogP contribution in [0.3, 0.4) is 0 Å². The van der Waals surface area contributed by atoms with Gasteiger partial charge < -0.3 is 20.3 Å². The molecule has 126 valence electrons. The van der Waals surface area contributed by atoms with Crippen LogP contribution in [0.4, 0.5) is 0 Å². The summed E-state index contributed by atoms with van der Waals surface area (Å²) in [6, 6.07) is 3.44. The Labute approximate surface area is 139 Å². The minimum atomic E-state index is 0.0310. The summed E-state index contributed by atoms with van der Waals surface area (Å²) in [5.74, 6) is 0.0315. The quantitative estimate of drug-likeness (QED) is 0.540. The standard InChI is InChI=1S/C8H5ClN2O.C7H16N2O2/c9-8-2-5-1-6(4-12)11-7(5)3-10-8;1-3-9(4-5-10)7(11)6-8-2/h1-4,11H;8,10H,3-6H2,1-2H3. The number of carbonyl (C=O) groups excluding carboxylic acids is 2. The van der Waals surface area contributed by atoms with Gasteiger partial charge in [0.25, 0.3) is 0 Å². The summed E-state index contributed by atoms with van der Waals surface area (Å²) in [4.78, 5) is 29.9. The van der Waals surface area contributed by atoms with E-state index in [4.69, 9.17) is 16.7 Å². The molecule has 0 aliphatic heterocycles. The predicted octanol–water partition coefficient (Wildman–Crippen LogP) is 1.08. The van der Waals surface area contributed by atoms with Crippen molar-refractivity contribution in [1.82, 2.24) is 20.2 Å². The van der Waals surface area contributed by atoms with E-state index < -0.39 is 0 Å². The number of aliphatic hydroxyl groups is 1. The Morgan fingerprint density at radius 1 is 1.52 bits per heavy atom. The monoisotopic (exact) mass is 340 g/mol. The Bertz CT molecular complexity index is 645. The van der Waals surface area contributed by atoms with Crippen molar-refractivity contribution >= 4 is 34.7 Å². The van der Waals surface area contributed by atoms with E-state index in [0.717, 1.165) is 17.2 Å². The number of hydrogen-bond donors (Lipinski definition) is 3. The molecule has 0 unspecified atom stereocenters. The Hall–Kier alpha value is -1.96. The summed E-state index contributed by atoms with van der Waals surface area (Å²) in [6.07, 6.45) is 2.36. The van der Waals surface area contributed by atoms with Crippen LogP contribution in [0.2, 0.25) is 5.15 Å². The van der Waals surface area contributed by atoms with Crippen LogP contribution in [0.1, 0.15) is 17.4 Å². The molecular weight excluding hydrogens is 320 g/mol. The summed E-state index contributed by atoms with van der Waals surface area (Å²) < 4.78 is 0. The van der Waals surface area contributed by atoms with Crippen molar-refractivity contribution in [1.29, 1.82) is 0 Å². The molecule has 23 heavy (non-hydrogen) atoms. The molecule has 2 aromatic rings. The second-order valence-electron chi connectivity index (χ2n) is 4.66. The number of H-pyrrole nitrogens is 1. The molecule has 0 atom stereocenters. The fourth-order valence-electron chi connectivity index (χ4n) is 1.93. The Morgan fingerprint density at radius 2 is 2.26 bits per heavy atom. The van der Waals surface area contributed by atoms with Crippen LogP contribution in [0.25, 0.3) is 10.9 Å². The van der Waals surface area contributed by atoms with Gasteiger partial charge in [-0.05, 0) is 26.1 Å². The maximum absolute atomic E-state index is 11.1. The van der Waals surface area contributed by atoms with Crippen molar-refractivity contribution in [2.75, 3.05) is 33.3 Å². The number of rotatable bonds is 6. The molecule has 0 aliphatic carbocycles. The van der Waals surface area contributed by atoms with E-state index in [1.807, 2.05) is 6.92 Å². The molecule has 2 rings (SSSR count). The van der Waals surface area contributed by atoms with Gasteiger partial charge in [0.05, 0.1) is 30.6 Å². The molecule has 0 saturated heterocycles. The van der Waals surface area contributed by atoms with E-state index in [9.17, 15) is 9.59 Å². The van der Waals surface area contributed by atoms with Crippen LogP contribution in [0.15, 0.2) is 18.3 Å². The first-order valence-corrected chi connectivity index (χ1v) is 7.56. The molecule has 8 heteroatoms.